The van der Waals surface area contributed by atoms with E-state index in [1.807, 2.05) is 13.0 Å². The Labute approximate surface area is 139 Å². The van der Waals surface area contributed by atoms with Crippen LogP contribution in [0.3, 0.4) is 0 Å². The smallest absolute Gasteiger partial charge is 0.313 e. The van der Waals surface area contributed by atoms with Crippen LogP contribution in [0.5, 0.6) is 5.75 Å². The van der Waals surface area contributed by atoms with Gasteiger partial charge < -0.3 is 15.4 Å². The van der Waals surface area contributed by atoms with Gasteiger partial charge in [-0.15, -0.1) is 0 Å². The minimum absolute atomic E-state index is 0.190. The summed E-state index contributed by atoms with van der Waals surface area (Å²) in [6.07, 6.45) is 0. The Balaban J connectivity index is 1.87. The molecule has 2 amide bonds. The monoisotopic (exact) mass is 332 g/mol. The molecule has 2 rings (SSSR count). The molecule has 2 N–H and O–H groups in total. The summed E-state index contributed by atoms with van der Waals surface area (Å²) in [6.45, 7) is 2.64. The van der Waals surface area contributed by atoms with Gasteiger partial charge >= 0.3 is 11.8 Å². The van der Waals surface area contributed by atoms with Gasteiger partial charge in [0.15, 0.2) is 0 Å². The summed E-state index contributed by atoms with van der Waals surface area (Å²) in [5.74, 6) is -0.756. The highest BCUT2D eigenvalue weighted by molar-refractivity contribution is 6.39. The van der Waals surface area contributed by atoms with Crippen LogP contribution in [0.25, 0.3) is 0 Å². The molecule has 5 nitrogen and oxygen atoms in total. The minimum atomic E-state index is -0.735. The zero-order valence-electron chi connectivity index (χ0n) is 12.6. The Morgan fingerprint density at radius 2 is 1.74 bits per heavy atom. The lowest BCUT2D eigenvalue weighted by atomic mass is 10.2. The van der Waals surface area contributed by atoms with Crippen molar-refractivity contribution in [3.05, 3.63) is 59.1 Å². The quantitative estimate of drug-likeness (QED) is 0.827. The summed E-state index contributed by atoms with van der Waals surface area (Å²) < 4.78 is 5.31. The summed E-state index contributed by atoms with van der Waals surface area (Å²) in [7, 11) is 0. The van der Waals surface area contributed by atoms with E-state index in [0.29, 0.717) is 23.1 Å². The Bertz CT molecular complexity index is 686. The highest BCUT2D eigenvalue weighted by Gasteiger charge is 2.13. The molecule has 0 bridgehead atoms. The third-order valence-corrected chi connectivity index (χ3v) is 3.40. The Kier molecular flexibility index (Phi) is 6.00. The van der Waals surface area contributed by atoms with Gasteiger partial charge in [-0.3, -0.25) is 9.59 Å². The number of ether oxygens (including phenoxy) is 1. The van der Waals surface area contributed by atoms with Crippen molar-refractivity contribution >= 4 is 29.1 Å². The Morgan fingerprint density at radius 1 is 1.04 bits per heavy atom. The Hall–Kier alpha value is -2.53. The van der Waals surface area contributed by atoms with Gasteiger partial charge in [-0.05, 0) is 42.8 Å². The SMILES string of the molecule is CCOc1ccc(NC(=O)C(=O)NCc2ccccc2Cl)cc1. The number of carbonyl (C=O) groups excluding carboxylic acids is 2. The summed E-state index contributed by atoms with van der Waals surface area (Å²) in [5.41, 5.74) is 1.27. The Morgan fingerprint density at radius 3 is 2.39 bits per heavy atom. The molecule has 0 fully saturated rings. The average molecular weight is 333 g/mol. The van der Waals surface area contributed by atoms with E-state index < -0.39 is 11.8 Å². The normalized spacial score (nSPS) is 10.0. The van der Waals surface area contributed by atoms with Crippen molar-refractivity contribution in [3.63, 3.8) is 0 Å². The van der Waals surface area contributed by atoms with Crippen LogP contribution in [-0.4, -0.2) is 18.4 Å². The van der Waals surface area contributed by atoms with Crippen LogP contribution in [0.15, 0.2) is 48.5 Å². The summed E-state index contributed by atoms with van der Waals surface area (Å²) in [6, 6.07) is 13.9. The zero-order chi connectivity index (χ0) is 16.7. The maximum Gasteiger partial charge on any atom is 0.313 e. The molecule has 0 unspecified atom stereocenters. The summed E-state index contributed by atoms with van der Waals surface area (Å²) >= 11 is 5.99. The molecule has 0 heterocycles. The van der Waals surface area contributed by atoms with Gasteiger partial charge in [0, 0.05) is 17.3 Å². The molecular weight excluding hydrogens is 316 g/mol. The van der Waals surface area contributed by atoms with Crippen LogP contribution in [0, 0.1) is 0 Å². The van der Waals surface area contributed by atoms with Gasteiger partial charge in [0.1, 0.15) is 5.75 Å². The number of anilines is 1. The van der Waals surface area contributed by atoms with Crippen molar-refractivity contribution < 1.29 is 14.3 Å². The largest absolute Gasteiger partial charge is 0.494 e. The van der Waals surface area contributed by atoms with Crippen molar-refractivity contribution in [1.29, 1.82) is 0 Å². The van der Waals surface area contributed by atoms with E-state index in [9.17, 15) is 9.59 Å². The van der Waals surface area contributed by atoms with Crippen LogP contribution < -0.4 is 15.4 Å². The van der Waals surface area contributed by atoms with E-state index in [2.05, 4.69) is 10.6 Å². The maximum absolute atomic E-state index is 11.8. The molecular formula is C17H17ClN2O3. The maximum atomic E-state index is 11.8. The van der Waals surface area contributed by atoms with Crippen LogP contribution >= 0.6 is 11.6 Å². The molecule has 23 heavy (non-hydrogen) atoms. The summed E-state index contributed by atoms with van der Waals surface area (Å²) in [4.78, 5) is 23.7. The molecule has 0 saturated heterocycles. The highest BCUT2D eigenvalue weighted by Crippen LogP contribution is 2.16. The second kappa shape index (κ2) is 8.19. The number of benzene rings is 2. The van der Waals surface area contributed by atoms with Gasteiger partial charge in [-0.2, -0.15) is 0 Å². The second-order valence-corrected chi connectivity index (χ2v) is 5.09. The van der Waals surface area contributed by atoms with Gasteiger partial charge in [-0.25, -0.2) is 0 Å². The first kappa shape index (κ1) is 16.8. The fraction of sp³-hybridized carbons (Fsp3) is 0.176. The summed E-state index contributed by atoms with van der Waals surface area (Å²) in [5, 5.41) is 5.60. The molecule has 0 spiro atoms. The fourth-order valence-electron chi connectivity index (χ4n) is 1.89. The zero-order valence-corrected chi connectivity index (χ0v) is 13.4. The first-order valence-electron chi connectivity index (χ1n) is 7.15. The number of rotatable bonds is 5. The predicted molar refractivity (Wildman–Crippen MR) is 89.5 cm³/mol. The molecule has 0 aliphatic carbocycles. The standard InChI is InChI=1S/C17H17ClN2O3/c1-2-23-14-9-7-13(8-10-14)20-17(22)16(21)19-11-12-5-3-4-6-15(12)18/h3-10H,2,11H2,1H3,(H,19,21)(H,20,22). The molecule has 0 aliphatic heterocycles. The van der Waals surface area contributed by atoms with Crippen LogP contribution in [-0.2, 0) is 16.1 Å². The highest BCUT2D eigenvalue weighted by atomic mass is 35.5. The van der Waals surface area contributed by atoms with E-state index in [4.69, 9.17) is 16.3 Å². The van der Waals surface area contributed by atoms with E-state index >= 15 is 0 Å². The molecule has 6 heteroatoms. The van der Waals surface area contributed by atoms with E-state index in [1.54, 1.807) is 42.5 Å². The minimum Gasteiger partial charge on any atom is -0.494 e. The third-order valence-electron chi connectivity index (χ3n) is 3.03. The molecule has 0 aromatic heterocycles. The molecule has 0 saturated carbocycles. The lowest BCUT2D eigenvalue weighted by Crippen LogP contribution is -2.35. The lowest BCUT2D eigenvalue weighted by molar-refractivity contribution is -0.136. The second-order valence-electron chi connectivity index (χ2n) is 4.69. The number of nitrogens with one attached hydrogen (secondary N) is 2. The molecule has 120 valence electrons. The molecule has 0 atom stereocenters. The van der Waals surface area contributed by atoms with E-state index in [0.717, 1.165) is 5.56 Å². The van der Waals surface area contributed by atoms with Crippen molar-refractivity contribution in [2.24, 2.45) is 0 Å². The predicted octanol–water partition coefficient (Wildman–Crippen LogP) is 2.99. The number of amides is 2. The van der Waals surface area contributed by atoms with Crippen LogP contribution in [0.2, 0.25) is 5.02 Å². The fourth-order valence-corrected chi connectivity index (χ4v) is 2.09. The van der Waals surface area contributed by atoms with Crippen molar-refractivity contribution in [3.8, 4) is 5.75 Å². The number of hydrogen-bond acceptors (Lipinski definition) is 3. The topological polar surface area (TPSA) is 67.4 Å². The van der Waals surface area contributed by atoms with Crippen molar-refractivity contribution in [2.75, 3.05) is 11.9 Å². The van der Waals surface area contributed by atoms with Crippen LogP contribution in [0.1, 0.15) is 12.5 Å². The van der Waals surface area contributed by atoms with Gasteiger partial charge in [0.25, 0.3) is 0 Å². The van der Waals surface area contributed by atoms with Crippen LogP contribution in [0.4, 0.5) is 5.69 Å². The first-order valence-corrected chi connectivity index (χ1v) is 7.53. The van der Waals surface area contributed by atoms with E-state index in [-0.39, 0.29) is 6.54 Å². The number of halogens is 1. The van der Waals surface area contributed by atoms with Crippen molar-refractivity contribution in [1.82, 2.24) is 5.32 Å². The molecule has 0 radical (unpaired) electrons. The van der Waals surface area contributed by atoms with Gasteiger partial charge in [-0.1, -0.05) is 29.8 Å². The molecule has 0 aliphatic rings. The van der Waals surface area contributed by atoms with Gasteiger partial charge in [0.2, 0.25) is 0 Å². The van der Waals surface area contributed by atoms with E-state index in [1.165, 1.54) is 0 Å². The molecule has 2 aromatic carbocycles. The number of carbonyl (C=O) groups is 2. The lowest BCUT2D eigenvalue weighted by Gasteiger charge is -2.08. The first-order chi connectivity index (χ1) is 11.1. The molecule has 2 aromatic rings. The van der Waals surface area contributed by atoms with Crippen molar-refractivity contribution in [2.45, 2.75) is 13.5 Å². The van der Waals surface area contributed by atoms with Gasteiger partial charge in [0.05, 0.1) is 6.61 Å². The third kappa shape index (κ3) is 5.00. The number of hydrogen-bond donors (Lipinski definition) is 2. The average Bonchev–Trinajstić information content (AvgIpc) is 2.56.